The molecule has 6 nitrogen and oxygen atoms in total. The van der Waals surface area contributed by atoms with Gasteiger partial charge in [0, 0.05) is 18.0 Å². The summed E-state index contributed by atoms with van der Waals surface area (Å²) in [6.07, 6.45) is 5.02. The lowest BCUT2D eigenvalue weighted by Gasteiger charge is -2.08. The normalized spacial score (nSPS) is 12.3. The molecule has 1 aromatic carbocycles. The van der Waals surface area contributed by atoms with Gasteiger partial charge in [-0.1, -0.05) is 12.1 Å². The summed E-state index contributed by atoms with van der Waals surface area (Å²) in [4.78, 5) is 19.6. The Hall–Kier alpha value is -3.28. The maximum absolute atomic E-state index is 11.1. The van der Waals surface area contributed by atoms with Gasteiger partial charge in [-0.25, -0.2) is 14.5 Å². The van der Waals surface area contributed by atoms with Crippen LogP contribution in [0.1, 0.15) is 21.5 Å². The minimum Gasteiger partial charge on any atom is -0.478 e. The molecule has 1 aliphatic rings. The summed E-state index contributed by atoms with van der Waals surface area (Å²) in [5.41, 5.74) is 4.33. The van der Waals surface area contributed by atoms with Gasteiger partial charge in [0.25, 0.3) is 0 Å². The highest BCUT2D eigenvalue weighted by Gasteiger charge is 2.13. The molecule has 112 valence electrons. The second-order valence-corrected chi connectivity index (χ2v) is 5.22. The molecule has 4 rings (SSSR count). The van der Waals surface area contributed by atoms with Gasteiger partial charge in [-0.05, 0) is 35.4 Å². The van der Waals surface area contributed by atoms with E-state index in [1.54, 1.807) is 10.9 Å². The van der Waals surface area contributed by atoms with Crippen LogP contribution in [0.4, 0.5) is 0 Å². The molecule has 2 aromatic heterocycles. The molecule has 6 heteroatoms. The Morgan fingerprint density at radius 1 is 1.13 bits per heavy atom. The average Bonchev–Trinajstić information content (AvgIpc) is 3.23. The maximum atomic E-state index is 11.1. The lowest BCUT2D eigenvalue weighted by Crippen LogP contribution is -2.05. The van der Waals surface area contributed by atoms with E-state index in [0.717, 1.165) is 16.8 Å². The van der Waals surface area contributed by atoms with Crippen molar-refractivity contribution in [3.05, 3.63) is 65.5 Å². The monoisotopic (exact) mass is 304 g/mol. The van der Waals surface area contributed by atoms with Crippen molar-refractivity contribution in [3.63, 3.8) is 0 Å². The number of carboxylic acid groups (broad SMARTS) is 1. The minimum absolute atomic E-state index is 0.179. The first-order valence-corrected chi connectivity index (χ1v) is 7.09. The number of nitrogens with zero attached hydrogens (tertiary/aromatic N) is 4. The lowest BCUT2D eigenvalue weighted by molar-refractivity contribution is 0.0696. The summed E-state index contributed by atoms with van der Waals surface area (Å²) in [6.45, 7) is 0.685. The number of fused-ring (bicyclic) bond motifs is 1. The van der Waals surface area contributed by atoms with Crippen LogP contribution >= 0.6 is 0 Å². The van der Waals surface area contributed by atoms with Crippen LogP contribution in [0.2, 0.25) is 0 Å². The molecule has 0 amide bonds. The summed E-state index contributed by atoms with van der Waals surface area (Å²) < 4.78 is 1.64. The van der Waals surface area contributed by atoms with Crippen LogP contribution in [0.3, 0.4) is 0 Å². The van der Waals surface area contributed by atoms with Crippen LogP contribution in [0.15, 0.2) is 53.8 Å². The minimum atomic E-state index is -0.989. The van der Waals surface area contributed by atoms with Gasteiger partial charge in [0.2, 0.25) is 0 Å². The Kier molecular flexibility index (Phi) is 3.01. The number of carboxylic acids is 1. The van der Waals surface area contributed by atoms with E-state index >= 15 is 0 Å². The highest BCUT2D eigenvalue weighted by atomic mass is 16.4. The molecule has 0 aliphatic carbocycles. The molecule has 0 spiro atoms. The molecule has 0 radical (unpaired) electrons. The van der Waals surface area contributed by atoms with Crippen molar-refractivity contribution < 1.29 is 9.90 Å². The van der Waals surface area contributed by atoms with Gasteiger partial charge < -0.3 is 5.11 Å². The van der Waals surface area contributed by atoms with Crippen LogP contribution in [-0.4, -0.2) is 32.1 Å². The van der Waals surface area contributed by atoms with Gasteiger partial charge in [-0.3, -0.25) is 4.99 Å². The van der Waals surface area contributed by atoms with Gasteiger partial charge in [-0.15, -0.1) is 0 Å². The van der Waals surface area contributed by atoms with Crippen molar-refractivity contribution in [1.82, 2.24) is 14.8 Å². The Bertz CT molecular complexity index is 943. The Balaban J connectivity index is 1.80. The van der Waals surface area contributed by atoms with Crippen LogP contribution in [0.5, 0.6) is 0 Å². The smallest absolute Gasteiger partial charge is 0.335 e. The third kappa shape index (κ3) is 2.30. The molecule has 1 N–H and O–H groups in total. The number of hydrogen-bond acceptors (Lipinski definition) is 4. The van der Waals surface area contributed by atoms with E-state index in [9.17, 15) is 4.79 Å². The van der Waals surface area contributed by atoms with Crippen LogP contribution < -0.4 is 0 Å². The summed E-state index contributed by atoms with van der Waals surface area (Å²) in [5.74, 6) is -0.515. The molecule has 3 aromatic rings. The number of aromatic nitrogens is 3. The number of pyridine rings is 1. The van der Waals surface area contributed by atoms with Crippen molar-refractivity contribution in [2.75, 3.05) is 0 Å². The van der Waals surface area contributed by atoms with Gasteiger partial charge in [0.1, 0.15) is 0 Å². The third-order valence-corrected chi connectivity index (χ3v) is 3.78. The Labute approximate surface area is 131 Å². The van der Waals surface area contributed by atoms with Crippen molar-refractivity contribution in [2.24, 2.45) is 4.99 Å². The van der Waals surface area contributed by atoms with Crippen molar-refractivity contribution >= 4 is 12.2 Å². The molecule has 1 aliphatic heterocycles. The average molecular weight is 304 g/mol. The topological polar surface area (TPSA) is 80.4 Å². The molecule has 0 unspecified atom stereocenters. The number of aromatic carboxylic acids is 1. The number of carbonyl (C=O) groups is 1. The molecule has 0 fully saturated rings. The Morgan fingerprint density at radius 3 is 2.91 bits per heavy atom. The van der Waals surface area contributed by atoms with E-state index in [1.807, 2.05) is 24.4 Å². The fraction of sp³-hybridized carbons (Fsp3) is 0.0588. The Morgan fingerprint density at radius 2 is 2.04 bits per heavy atom. The zero-order chi connectivity index (χ0) is 15.8. The lowest BCUT2D eigenvalue weighted by atomic mass is 10.0. The predicted octanol–water partition coefficient (Wildman–Crippen LogP) is 2.57. The first-order valence-electron chi connectivity index (χ1n) is 7.09. The summed E-state index contributed by atoms with van der Waals surface area (Å²) in [5, 5.41) is 13.4. The van der Waals surface area contributed by atoms with Gasteiger partial charge in [0.15, 0.2) is 5.82 Å². The van der Waals surface area contributed by atoms with Crippen LogP contribution in [-0.2, 0) is 6.54 Å². The number of benzene rings is 1. The second kappa shape index (κ2) is 5.17. The third-order valence-electron chi connectivity index (χ3n) is 3.78. The van der Waals surface area contributed by atoms with Crippen LogP contribution in [0, 0.1) is 0 Å². The molecule has 0 saturated heterocycles. The molecular weight excluding hydrogens is 292 g/mol. The molecule has 23 heavy (non-hydrogen) atoms. The summed E-state index contributed by atoms with van der Waals surface area (Å²) in [7, 11) is 0. The highest BCUT2D eigenvalue weighted by molar-refractivity contribution is 5.88. The van der Waals surface area contributed by atoms with E-state index in [0.29, 0.717) is 12.4 Å². The SMILES string of the molecule is O=C(O)c1ccnc(-n2nccc2-c2ccc3c(c2)CN=C3)c1. The largest absolute Gasteiger partial charge is 0.478 e. The summed E-state index contributed by atoms with van der Waals surface area (Å²) in [6, 6.07) is 11.0. The summed E-state index contributed by atoms with van der Waals surface area (Å²) >= 11 is 0. The van der Waals surface area contributed by atoms with Crippen molar-refractivity contribution in [1.29, 1.82) is 0 Å². The van der Waals surface area contributed by atoms with E-state index in [-0.39, 0.29) is 5.56 Å². The quantitative estimate of drug-likeness (QED) is 0.806. The number of hydrogen-bond donors (Lipinski definition) is 1. The van der Waals surface area contributed by atoms with Gasteiger partial charge in [0.05, 0.1) is 24.0 Å². The zero-order valence-corrected chi connectivity index (χ0v) is 12.0. The molecular formula is C17H12N4O2. The zero-order valence-electron chi connectivity index (χ0n) is 12.0. The number of aliphatic imine (C=N–C) groups is 1. The molecule has 3 heterocycles. The highest BCUT2D eigenvalue weighted by Crippen LogP contribution is 2.26. The number of rotatable bonds is 3. The van der Waals surface area contributed by atoms with Crippen molar-refractivity contribution in [3.8, 4) is 17.1 Å². The van der Waals surface area contributed by atoms with Crippen LogP contribution in [0.25, 0.3) is 17.1 Å². The first kappa shape index (κ1) is 13.4. The fourth-order valence-electron chi connectivity index (χ4n) is 2.64. The van der Waals surface area contributed by atoms with E-state index < -0.39 is 5.97 Å². The maximum Gasteiger partial charge on any atom is 0.335 e. The van der Waals surface area contributed by atoms with Crippen molar-refractivity contribution in [2.45, 2.75) is 6.54 Å². The predicted molar refractivity (Wildman–Crippen MR) is 85.1 cm³/mol. The first-order chi connectivity index (χ1) is 11.2. The molecule has 0 saturated carbocycles. The fourth-order valence-corrected chi connectivity index (χ4v) is 2.64. The van der Waals surface area contributed by atoms with E-state index in [4.69, 9.17) is 5.11 Å². The van der Waals surface area contributed by atoms with E-state index in [2.05, 4.69) is 21.1 Å². The molecule has 0 atom stereocenters. The van der Waals surface area contributed by atoms with Gasteiger partial charge in [-0.2, -0.15) is 5.10 Å². The van der Waals surface area contributed by atoms with E-state index in [1.165, 1.54) is 23.9 Å². The second-order valence-electron chi connectivity index (χ2n) is 5.22. The standard InChI is InChI=1S/C17H12N4O2/c22-17(23)12-3-5-19-16(8-12)21-15(4-6-20-21)11-1-2-13-9-18-10-14(13)7-11/h1-9H,10H2,(H,22,23). The molecule has 0 bridgehead atoms. The van der Waals surface area contributed by atoms with Gasteiger partial charge >= 0.3 is 5.97 Å².